The van der Waals surface area contributed by atoms with E-state index in [9.17, 15) is 18.0 Å². The monoisotopic (exact) mass is 200 g/mol. The number of ketones is 1. The molecule has 0 saturated carbocycles. The fourth-order valence-electron chi connectivity index (χ4n) is 1.73. The van der Waals surface area contributed by atoms with E-state index >= 15 is 0 Å². The average Bonchev–Trinajstić information content (AvgIpc) is 2.41. The summed E-state index contributed by atoms with van der Waals surface area (Å²) in [7, 11) is 0. The van der Waals surface area contributed by atoms with Crippen LogP contribution in [-0.4, -0.2) is 5.78 Å². The van der Waals surface area contributed by atoms with E-state index in [0.717, 1.165) is 0 Å². The topological polar surface area (TPSA) is 17.1 Å². The van der Waals surface area contributed by atoms with Gasteiger partial charge < -0.3 is 0 Å². The number of hydrogen-bond donors (Lipinski definition) is 0. The molecule has 1 aromatic rings. The highest BCUT2D eigenvalue weighted by Crippen LogP contribution is 2.31. The van der Waals surface area contributed by atoms with Gasteiger partial charge in [0, 0.05) is 17.5 Å². The van der Waals surface area contributed by atoms with Gasteiger partial charge in [-0.15, -0.1) is 0 Å². The second-order valence-corrected chi connectivity index (χ2v) is 3.48. The lowest BCUT2D eigenvalue weighted by atomic mass is 10.1. The summed E-state index contributed by atoms with van der Waals surface area (Å²) in [5, 5.41) is 0. The molecule has 2 rings (SSSR count). The van der Waals surface area contributed by atoms with Gasteiger partial charge in [0.15, 0.2) is 17.4 Å². The maximum Gasteiger partial charge on any atom is 0.170 e. The molecule has 1 nitrogen and oxygen atoms in total. The van der Waals surface area contributed by atoms with Crippen molar-refractivity contribution in [3.05, 3.63) is 34.6 Å². The molecule has 1 aromatic carbocycles. The molecule has 74 valence electrons. The number of halogens is 3. The van der Waals surface area contributed by atoms with Gasteiger partial charge in [-0.25, -0.2) is 13.2 Å². The summed E-state index contributed by atoms with van der Waals surface area (Å²) in [6.07, 6.45) is 0.150. The van der Waals surface area contributed by atoms with Crippen LogP contribution in [0.15, 0.2) is 6.07 Å². The van der Waals surface area contributed by atoms with E-state index in [1.807, 2.05) is 0 Å². The number of benzene rings is 1. The zero-order valence-electron chi connectivity index (χ0n) is 7.40. The molecule has 1 aliphatic rings. The van der Waals surface area contributed by atoms with Crippen LogP contribution in [0.2, 0.25) is 0 Å². The standard InChI is InChI=1S/C10H7F3O/c1-4-2-5-6(11)3-7(12)9(13)8(5)10(4)14/h3-4H,2H2,1H3. The molecule has 4 heteroatoms. The minimum Gasteiger partial charge on any atom is -0.294 e. The van der Waals surface area contributed by atoms with Crippen LogP contribution in [0.4, 0.5) is 13.2 Å². The molecule has 0 heterocycles. The average molecular weight is 200 g/mol. The second kappa shape index (κ2) is 2.83. The SMILES string of the molecule is CC1Cc2c(F)cc(F)c(F)c2C1=O. The van der Waals surface area contributed by atoms with Gasteiger partial charge in [-0.05, 0) is 6.42 Å². The quantitative estimate of drug-likeness (QED) is 0.588. The van der Waals surface area contributed by atoms with E-state index in [1.54, 1.807) is 6.92 Å². The van der Waals surface area contributed by atoms with Crippen LogP contribution in [0.3, 0.4) is 0 Å². The third-order valence-electron chi connectivity index (χ3n) is 2.48. The van der Waals surface area contributed by atoms with E-state index < -0.39 is 34.7 Å². The lowest BCUT2D eigenvalue weighted by Gasteiger charge is -2.01. The Balaban J connectivity index is 2.74. The minimum absolute atomic E-state index is 0.00130. The highest BCUT2D eigenvalue weighted by atomic mass is 19.2. The Labute approximate surface area is 78.5 Å². The Kier molecular flexibility index (Phi) is 1.87. The van der Waals surface area contributed by atoms with Gasteiger partial charge in [-0.1, -0.05) is 6.92 Å². The third-order valence-corrected chi connectivity index (χ3v) is 2.48. The maximum absolute atomic E-state index is 13.1. The number of rotatable bonds is 0. The maximum atomic E-state index is 13.1. The fraction of sp³-hybridized carbons (Fsp3) is 0.300. The minimum atomic E-state index is -1.30. The molecule has 0 aromatic heterocycles. The van der Waals surface area contributed by atoms with E-state index in [0.29, 0.717) is 6.07 Å². The summed E-state index contributed by atoms with van der Waals surface area (Å²) in [6.45, 7) is 1.57. The van der Waals surface area contributed by atoms with Gasteiger partial charge in [-0.3, -0.25) is 4.79 Å². The van der Waals surface area contributed by atoms with Crippen LogP contribution >= 0.6 is 0 Å². The molecule has 0 radical (unpaired) electrons. The van der Waals surface area contributed by atoms with Crippen molar-refractivity contribution in [3.8, 4) is 0 Å². The summed E-state index contributed by atoms with van der Waals surface area (Å²) in [6, 6.07) is 0.486. The third kappa shape index (κ3) is 1.06. The molecule has 0 aliphatic heterocycles. The molecule has 0 bridgehead atoms. The Morgan fingerprint density at radius 3 is 2.57 bits per heavy atom. The van der Waals surface area contributed by atoms with Crippen LogP contribution in [0.25, 0.3) is 0 Å². The summed E-state index contributed by atoms with van der Waals surface area (Å²) >= 11 is 0. The first-order chi connectivity index (χ1) is 6.52. The van der Waals surface area contributed by atoms with Crippen LogP contribution in [0.1, 0.15) is 22.8 Å². The molecule has 14 heavy (non-hydrogen) atoms. The van der Waals surface area contributed by atoms with Crippen molar-refractivity contribution in [2.45, 2.75) is 13.3 Å². The van der Waals surface area contributed by atoms with Crippen LogP contribution in [-0.2, 0) is 6.42 Å². The lowest BCUT2D eigenvalue weighted by Crippen LogP contribution is -2.06. The molecular weight excluding hydrogens is 193 g/mol. The molecule has 0 amide bonds. The Bertz CT molecular complexity index is 426. The van der Waals surface area contributed by atoms with Crippen molar-refractivity contribution in [1.29, 1.82) is 0 Å². The number of hydrogen-bond acceptors (Lipinski definition) is 1. The molecular formula is C10H7F3O. The molecule has 0 N–H and O–H groups in total. The van der Waals surface area contributed by atoms with Gasteiger partial charge >= 0.3 is 0 Å². The predicted molar refractivity (Wildman–Crippen MR) is 43.5 cm³/mol. The van der Waals surface area contributed by atoms with E-state index in [1.165, 1.54) is 0 Å². The first-order valence-corrected chi connectivity index (χ1v) is 4.23. The second-order valence-electron chi connectivity index (χ2n) is 3.48. The van der Waals surface area contributed by atoms with Crippen molar-refractivity contribution in [3.63, 3.8) is 0 Å². The van der Waals surface area contributed by atoms with Crippen LogP contribution in [0, 0.1) is 23.4 Å². The van der Waals surface area contributed by atoms with Crippen molar-refractivity contribution in [1.82, 2.24) is 0 Å². The normalized spacial score (nSPS) is 20.0. The highest BCUT2D eigenvalue weighted by Gasteiger charge is 2.34. The molecule has 0 spiro atoms. The summed E-state index contributed by atoms with van der Waals surface area (Å²) in [4.78, 5) is 11.3. The number of Topliss-reactive ketones (excluding diaryl/α,β-unsaturated/α-hetero) is 1. The van der Waals surface area contributed by atoms with E-state index in [2.05, 4.69) is 0 Å². The highest BCUT2D eigenvalue weighted by molar-refractivity contribution is 6.02. The van der Waals surface area contributed by atoms with Crippen LogP contribution in [0.5, 0.6) is 0 Å². The Morgan fingerprint density at radius 1 is 1.29 bits per heavy atom. The smallest absolute Gasteiger partial charge is 0.170 e. The van der Waals surface area contributed by atoms with Crippen LogP contribution < -0.4 is 0 Å². The summed E-state index contributed by atoms with van der Waals surface area (Å²) in [5.41, 5.74) is -0.406. The zero-order valence-corrected chi connectivity index (χ0v) is 7.40. The van der Waals surface area contributed by atoms with Gasteiger partial charge in [0.25, 0.3) is 0 Å². The Morgan fingerprint density at radius 2 is 1.93 bits per heavy atom. The van der Waals surface area contributed by atoms with Crippen molar-refractivity contribution in [2.24, 2.45) is 5.92 Å². The fourth-order valence-corrected chi connectivity index (χ4v) is 1.73. The van der Waals surface area contributed by atoms with Crippen molar-refractivity contribution < 1.29 is 18.0 Å². The molecule has 0 saturated heterocycles. The van der Waals surface area contributed by atoms with Gasteiger partial charge in [0.05, 0.1) is 5.56 Å². The predicted octanol–water partition coefficient (Wildman–Crippen LogP) is 2.48. The van der Waals surface area contributed by atoms with Gasteiger partial charge in [0.2, 0.25) is 0 Å². The molecule has 1 unspecified atom stereocenters. The summed E-state index contributed by atoms with van der Waals surface area (Å²) < 4.78 is 39.0. The number of carbonyl (C=O) groups is 1. The largest absolute Gasteiger partial charge is 0.294 e. The van der Waals surface area contributed by atoms with Gasteiger partial charge in [-0.2, -0.15) is 0 Å². The van der Waals surface area contributed by atoms with Crippen molar-refractivity contribution in [2.75, 3.05) is 0 Å². The number of fused-ring (bicyclic) bond motifs is 1. The van der Waals surface area contributed by atoms with Gasteiger partial charge in [0.1, 0.15) is 5.82 Å². The lowest BCUT2D eigenvalue weighted by molar-refractivity contribution is 0.0942. The molecule has 0 fully saturated rings. The van der Waals surface area contributed by atoms with Crippen molar-refractivity contribution >= 4 is 5.78 Å². The van der Waals surface area contributed by atoms with E-state index in [4.69, 9.17) is 0 Å². The first kappa shape index (κ1) is 9.24. The Hall–Kier alpha value is -1.32. The first-order valence-electron chi connectivity index (χ1n) is 4.23. The number of carbonyl (C=O) groups excluding carboxylic acids is 1. The molecule has 1 aliphatic carbocycles. The zero-order chi connectivity index (χ0) is 10.5. The summed E-state index contributed by atoms with van der Waals surface area (Å²) in [5.74, 6) is -4.34. The van der Waals surface area contributed by atoms with E-state index in [-0.39, 0.29) is 12.0 Å². The molecule has 1 atom stereocenters.